The minimum absolute atomic E-state index is 0.0522. The second-order valence-electron chi connectivity index (χ2n) is 8.89. The van der Waals surface area contributed by atoms with Crippen molar-refractivity contribution in [1.82, 2.24) is 9.78 Å². The zero-order chi connectivity index (χ0) is 27.9. The van der Waals surface area contributed by atoms with Gasteiger partial charge >= 0.3 is 18.3 Å². The van der Waals surface area contributed by atoms with Crippen molar-refractivity contribution in [3.8, 4) is 11.1 Å². The summed E-state index contributed by atoms with van der Waals surface area (Å²) in [5.74, 6) is -1.12. The molecule has 1 heterocycles. The molecule has 0 saturated heterocycles. The molecule has 5 aromatic rings. The van der Waals surface area contributed by atoms with E-state index in [4.69, 9.17) is 0 Å². The Morgan fingerprint density at radius 1 is 0.692 bits per heavy atom. The molecule has 4 aromatic carbocycles. The molecule has 5 rings (SSSR count). The summed E-state index contributed by atoms with van der Waals surface area (Å²) in [5, 5.41) is 14.4. The Hall–Kier alpha value is -4.60. The van der Waals surface area contributed by atoms with Crippen LogP contribution in [0.2, 0.25) is 0 Å². The third-order valence-corrected chi connectivity index (χ3v) is 6.41. The number of hydrogen-bond donors (Lipinski definition) is 1. The lowest BCUT2D eigenvalue weighted by molar-refractivity contribution is -0.138. The monoisotopic (exact) mass is 540 g/mol. The summed E-state index contributed by atoms with van der Waals surface area (Å²) in [4.78, 5) is 11.3. The van der Waals surface area contributed by atoms with Gasteiger partial charge in [0, 0.05) is 5.39 Å². The van der Waals surface area contributed by atoms with E-state index in [-0.39, 0.29) is 5.56 Å². The van der Waals surface area contributed by atoms with Crippen LogP contribution in [0.5, 0.6) is 0 Å². The molecule has 0 aliphatic rings. The van der Waals surface area contributed by atoms with Crippen LogP contribution in [0.25, 0.3) is 22.0 Å². The summed E-state index contributed by atoms with van der Waals surface area (Å²) >= 11 is 0. The first-order valence-corrected chi connectivity index (χ1v) is 11.6. The smallest absolute Gasteiger partial charge is 0.416 e. The van der Waals surface area contributed by atoms with E-state index in [0.717, 1.165) is 24.3 Å². The van der Waals surface area contributed by atoms with Crippen molar-refractivity contribution in [3.63, 3.8) is 0 Å². The number of halogens is 6. The van der Waals surface area contributed by atoms with Crippen LogP contribution >= 0.6 is 0 Å². The highest BCUT2D eigenvalue weighted by Crippen LogP contribution is 2.35. The standard InChI is InChI=1S/C29H18F6N2O2/c30-28(31,32)23-10-5-17(6-11-23)21-9-14-25-22(15-21)16-36-37(25)26(18-1-3-20(4-2-18)27(38)39)19-7-12-24(13-8-19)29(33,34)35/h1-16,26H,(H,38,39). The van der Waals surface area contributed by atoms with E-state index >= 15 is 0 Å². The fourth-order valence-electron chi connectivity index (χ4n) is 4.43. The Morgan fingerprint density at radius 2 is 1.18 bits per heavy atom. The van der Waals surface area contributed by atoms with Gasteiger partial charge in [-0.15, -0.1) is 0 Å². The first-order chi connectivity index (χ1) is 18.4. The van der Waals surface area contributed by atoms with Gasteiger partial charge in [-0.25, -0.2) is 4.79 Å². The van der Waals surface area contributed by atoms with Crippen molar-refractivity contribution in [2.75, 3.05) is 0 Å². The van der Waals surface area contributed by atoms with Gasteiger partial charge in [0.05, 0.1) is 28.4 Å². The quantitative estimate of drug-likeness (QED) is 0.229. The van der Waals surface area contributed by atoms with E-state index in [1.54, 1.807) is 41.2 Å². The van der Waals surface area contributed by atoms with Crippen LogP contribution in [0.1, 0.15) is 38.7 Å². The molecular weight excluding hydrogens is 522 g/mol. The normalized spacial score (nSPS) is 13.0. The van der Waals surface area contributed by atoms with Crippen molar-refractivity contribution in [2.45, 2.75) is 18.4 Å². The van der Waals surface area contributed by atoms with Gasteiger partial charge in [0.15, 0.2) is 0 Å². The van der Waals surface area contributed by atoms with Gasteiger partial charge in [0.1, 0.15) is 6.04 Å². The summed E-state index contributed by atoms with van der Waals surface area (Å²) in [6.45, 7) is 0. The topological polar surface area (TPSA) is 55.1 Å². The summed E-state index contributed by atoms with van der Waals surface area (Å²) < 4.78 is 79.9. The summed E-state index contributed by atoms with van der Waals surface area (Å²) in [7, 11) is 0. The number of aromatic nitrogens is 2. The highest BCUT2D eigenvalue weighted by atomic mass is 19.4. The third kappa shape index (κ3) is 5.22. The molecule has 0 aliphatic carbocycles. The number of rotatable bonds is 5. The zero-order valence-corrected chi connectivity index (χ0v) is 19.8. The summed E-state index contributed by atoms with van der Waals surface area (Å²) in [6.07, 6.45) is -7.39. The maximum Gasteiger partial charge on any atom is 0.416 e. The molecule has 0 amide bonds. The van der Waals surface area contributed by atoms with Gasteiger partial charge in [-0.2, -0.15) is 31.4 Å². The predicted octanol–water partition coefficient (Wildman–Crippen LogP) is 8.08. The van der Waals surface area contributed by atoms with Gasteiger partial charge in [-0.05, 0) is 70.8 Å². The molecule has 0 radical (unpaired) electrons. The zero-order valence-electron chi connectivity index (χ0n) is 19.8. The number of nitrogens with zero attached hydrogens (tertiary/aromatic N) is 2. The first-order valence-electron chi connectivity index (χ1n) is 11.6. The Labute approximate surface area is 217 Å². The number of fused-ring (bicyclic) bond motifs is 1. The van der Waals surface area contributed by atoms with Gasteiger partial charge in [0.2, 0.25) is 0 Å². The maximum atomic E-state index is 13.2. The fourth-order valence-corrected chi connectivity index (χ4v) is 4.43. The number of hydrogen-bond acceptors (Lipinski definition) is 2. The summed E-state index contributed by atoms with van der Waals surface area (Å²) in [6, 6.07) is 19.9. The molecule has 0 saturated carbocycles. The minimum atomic E-state index is -4.51. The van der Waals surface area contributed by atoms with E-state index in [0.29, 0.717) is 33.2 Å². The number of aromatic carboxylic acids is 1. The maximum absolute atomic E-state index is 13.2. The van der Waals surface area contributed by atoms with E-state index in [1.807, 2.05) is 0 Å². The van der Waals surface area contributed by atoms with Gasteiger partial charge in [-0.1, -0.05) is 42.5 Å². The average Bonchev–Trinajstić information content (AvgIpc) is 3.31. The Bertz CT molecular complexity index is 1640. The van der Waals surface area contributed by atoms with Crippen LogP contribution < -0.4 is 0 Å². The molecule has 10 heteroatoms. The molecule has 0 aliphatic heterocycles. The Kier molecular flexibility index (Phi) is 6.41. The van der Waals surface area contributed by atoms with Crippen LogP contribution in [-0.4, -0.2) is 20.9 Å². The molecule has 1 atom stereocenters. The fraction of sp³-hybridized carbons (Fsp3) is 0.103. The molecule has 1 aromatic heterocycles. The van der Waals surface area contributed by atoms with Crippen LogP contribution in [0, 0.1) is 0 Å². The lowest BCUT2D eigenvalue weighted by atomic mass is 9.96. The predicted molar refractivity (Wildman–Crippen MR) is 132 cm³/mol. The van der Waals surface area contributed by atoms with Crippen LogP contribution in [0.4, 0.5) is 26.3 Å². The molecule has 0 bridgehead atoms. The van der Waals surface area contributed by atoms with Crippen molar-refractivity contribution in [1.29, 1.82) is 0 Å². The largest absolute Gasteiger partial charge is 0.478 e. The van der Waals surface area contributed by atoms with Crippen LogP contribution in [0.15, 0.2) is 97.2 Å². The number of benzene rings is 4. The molecule has 39 heavy (non-hydrogen) atoms. The molecule has 4 nitrogen and oxygen atoms in total. The summed E-state index contributed by atoms with van der Waals surface area (Å²) in [5.41, 5.74) is 1.42. The van der Waals surface area contributed by atoms with Crippen molar-refractivity contribution >= 4 is 16.9 Å². The van der Waals surface area contributed by atoms with Crippen molar-refractivity contribution in [2.24, 2.45) is 0 Å². The van der Waals surface area contributed by atoms with Gasteiger partial charge in [-0.3, -0.25) is 4.68 Å². The lowest BCUT2D eigenvalue weighted by Crippen LogP contribution is -2.14. The average molecular weight is 540 g/mol. The highest BCUT2D eigenvalue weighted by molar-refractivity contribution is 5.87. The number of carboxylic acid groups (broad SMARTS) is 1. The molecule has 1 N–H and O–H groups in total. The highest BCUT2D eigenvalue weighted by Gasteiger charge is 2.31. The van der Waals surface area contributed by atoms with Crippen molar-refractivity contribution in [3.05, 3.63) is 125 Å². The SMILES string of the molecule is O=C(O)c1ccc(C(c2ccc(C(F)(F)F)cc2)n2ncc3cc(-c4ccc(C(F)(F)F)cc4)ccc32)cc1. The van der Waals surface area contributed by atoms with Gasteiger partial charge in [0.25, 0.3) is 0 Å². The third-order valence-electron chi connectivity index (χ3n) is 6.41. The molecule has 198 valence electrons. The van der Waals surface area contributed by atoms with Gasteiger partial charge < -0.3 is 5.11 Å². The van der Waals surface area contributed by atoms with E-state index < -0.39 is 35.5 Å². The molecular formula is C29H18F6N2O2. The number of carbonyl (C=O) groups is 1. The van der Waals surface area contributed by atoms with Crippen LogP contribution in [0.3, 0.4) is 0 Å². The Morgan fingerprint density at radius 3 is 1.69 bits per heavy atom. The second kappa shape index (κ2) is 9.61. The number of alkyl halides is 6. The number of carboxylic acids is 1. The molecule has 0 fully saturated rings. The second-order valence-corrected chi connectivity index (χ2v) is 8.89. The minimum Gasteiger partial charge on any atom is -0.478 e. The lowest BCUT2D eigenvalue weighted by Gasteiger charge is -2.21. The molecule has 0 spiro atoms. The van der Waals surface area contributed by atoms with E-state index in [1.165, 1.54) is 36.4 Å². The van der Waals surface area contributed by atoms with E-state index in [9.17, 15) is 36.2 Å². The first kappa shape index (κ1) is 26.0. The van der Waals surface area contributed by atoms with E-state index in [2.05, 4.69) is 5.10 Å². The van der Waals surface area contributed by atoms with Crippen LogP contribution in [-0.2, 0) is 12.4 Å². The Balaban J connectivity index is 1.58. The van der Waals surface area contributed by atoms with Crippen molar-refractivity contribution < 1.29 is 36.2 Å². The molecule has 1 unspecified atom stereocenters.